The fourth-order valence-electron chi connectivity index (χ4n) is 1.87. The molecule has 1 aliphatic rings. The number of benzene rings is 1. The fraction of sp³-hybridized carbons (Fsp3) is 0.308. The van der Waals surface area contributed by atoms with Gasteiger partial charge < -0.3 is 20.5 Å². The molecule has 2 amide bonds. The molecule has 20 heavy (non-hydrogen) atoms. The summed E-state index contributed by atoms with van der Waals surface area (Å²) in [4.78, 5) is 33.5. The lowest BCUT2D eigenvalue weighted by Crippen LogP contribution is -2.37. The number of hydrogen-bond acceptors (Lipinski definition) is 4. The molecule has 0 bridgehead atoms. The molecule has 1 atom stereocenters. The van der Waals surface area contributed by atoms with Crippen molar-refractivity contribution in [3.63, 3.8) is 0 Å². The first-order chi connectivity index (χ1) is 9.56. The van der Waals surface area contributed by atoms with Crippen LogP contribution >= 0.6 is 0 Å². The number of aliphatic carboxylic acids is 1. The first kappa shape index (κ1) is 13.9. The molecular formula is C13H14N2O5. The highest BCUT2D eigenvalue weighted by Crippen LogP contribution is 2.24. The summed E-state index contributed by atoms with van der Waals surface area (Å²) in [7, 11) is 0. The molecule has 2 rings (SSSR count). The maximum Gasteiger partial charge on any atom is 0.341 e. The van der Waals surface area contributed by atoms with Crippen LogP contribution in [0, 0.1) is 0 Å². The van der Waals surface area contributed by atoms with Gasteiger partial charge in [0, 0.05) is 6.42 Å². The van der Waals surface area contributed by atoms with Crippen LogP contribution in [0.1, 0.15) is 12.8 Å². The second kappa shape index (κ2) is 6.05. The summed E-state index contributed by atoms with van der Waals surface area (Å²) in [6, 6.07) is 5.97. The van der Waals surface area contributed by atoms with Crippen molar-refractivity contribution in [3.8, 4) is 5.75 Å². The van der Waals surface area contributed by atoms with Crippen LogP contribution in [-0.4, -0.2) is 35.5 Å². The second-order valence-corrected chi connectivity index (χ2v) is 4.33. The van der Waals surface area contributed by atoms with Crippen molar-refractivity contribution in [3.05, 3.63) is 24.3 Å². The Kier molecular flexibility index (Phi) is 4.19. The Morgan fingerprint density at radius 3 is 2.80 bits per heavy atom. The van der Waals surface area contributed by atoms with Crippen molar-refractivity contribution in [1.82, 2.24) is 5.32 Å². The van der Waals surface area contributed by atoms with E-state index in [2.05, 4.69) is 10.6 Å². The zero-order valence-electron chi connectivity index (χ0n) is 10.6. The summed E-state index contributed by atoms with van der Waals surface area (Å²) in [5.74, 6) is -1.33. The number of amides is 2. The van der Waals surface area contributed by atoms with Crippen LogP contribution < -0.4 is 15.4 Å². The van der Waals surface area contributed by atoms with Crippen LogP contribution in [0.25, 0.3) is 0 Å². The third kappa shape index (κ3) is 3.47. The standard InChI is InChI=1S/C13H14N2O5/c16-11-6-5-9(14-11)13(19)15-8-3-1-2-4-10(8)20-7-12(17)18/h1-4,9H,5-7H2,(H,14,16)(H,15,19)(H,17,18). The number of rotatable bonds is 5. The largest absolute Gasteiger partial charge is 0.480 e. The summed E-state index contributed by atoms with van der Waals surface area (Å²) < 4.78 is 5.08. The molecule has 1 aliphatic heterocycles. The highest BCUT2D eigenvalue weighted by atomic mass is 16.5. The van der Waals surface area contributed by atoms with Crippen LogP contribution in [0.4, 0.5) is 5.69 Å². The molecule has 106 valence electrons. The van der Waals surface area contributed by atoms with Crippen LogP contribution in [-0.2, 0) is 14.4 Å². The number of anilines is 1. The molecule has 1 heterocycles. The topological polar surface area (TPSA) is 105 Å². The van der Waals surface area contributed by atoms with E-state index in [1.807, 2.05) is 0 Å². The number of nitrogens with one attached hydrogen (secondary N) is 2. The van der Waals surface area contributed by atoms with Gasteiger partial charge in [-0.2, -0.15) is 0 Å². The normalized spacial score (nSPS) is 17.4. The molecule has 0 saturated carbocycles. The molecule has 0 radical (unpaired) electrons. The third-order valence-electron chi connectivity index (χ3n) is 2.81. The van der Waals surface area contributed by atoms with E-state index in [1.54, 1.807) is 24.3 Å². The molecule has 0 spiro atoms. The van der Waals surface area contributed by atoms with E-state index in [0.29, 0.717) is 18.5 Å². The number of carboxylic acids is 1. The van der Waals surface area contributed by atoms with E-state index in [1.165, 1.54) is 0 Å². The van der Waals surface area contributed by atoms with Gasteiger partial charge in [-0.15, -0.1) is 0 Å². The minimum absolute atomic E-state index is 0.152. The quantitative estimate of drug-likeness (QED) is 0.721. The van der Waals surface area contributed by atoms with Gasteiger partial charge in [0.05, 0.1) is 5.69 Å². The van der Waals surface area contributed by atoms with Gasteiger partial charge in [0.25, 0.3) is 0 Å². The maximum atomic E-state index is 12.0. The Hall–Kier alpha value is -2.57. The van der Waals surface area contributed by atoms with E-state index in [9.17, 15) is 14.4 Å². The first-order valence-corrected chi connectivity index (χ1v) is 6.10. The zero-order chi connectivity index (χ0) is 14.5. The highest BCUT2D eigenvalue weighted by molar-refractivity contribution is 5.99. The van der Waals surface area contributed by atoms with Gasteiger partial charge in [0.2, 0.25) is 11.8 Å². The molecule has 0 aromatic heterocycles. The lowest BCUT2D eigenvalue weighted by molar-refractivity contribution is -0.139. The van der Waals surface area contributed by atoms with Gasteiger partial charge >= 0.3 is 5.97 Å². The Morgan fingerprint density at radius 2 is 2.15 bits per heavy atom. The van der Waals surface area contributed by atoms with E-state index in [4.69, 9.17) is 9.84 Å². The second-order valence-electron chi connectivity index (χ2n) is 4.33. The van der Waals surface area contributed by atoms with Gasteiger partial charge in [-0.3, -0.25) is 9.59 Å². The van der Waals surface area contributed by atoms with Crippen molar-refractivity contribution < 1.29 is 24.2 Å². The Labute approximate surface area is 114 Å². The fourth-order valence-corrected chi connectivity index (χ4v) is 1.87. The average molecular weight is 278 g/mol. The third-order valence-corrected chi connectivity index (χ3v) is 2.81. The van der Waals surface area contributed by atoms with E-state index < -0.39 is 18.6 Å². The number of carbonyl (C=O) groups excluding carboxylic acids is 2. The molecule has 1 aromatic carbocycles. The van der Waals surface area contributed by atoms with Crippen LogP contribution in [0.5, 0.6) is 5.75 Å². The summed E-state index contributed by atoms with van der Waals surface area (Å²) in [5.41, 5.74) is 0.375. The molecule has 1 unspecified atom stereocenters. The number of carbonyl (C=O) groups is 3. The van der Waals surface area contributed by atoms with Crippen molar-refractivity contribution in [1.29, 1.82) is 0 Å². The average Bonchev–Trinajstić information content (AvgIpc) is 2.84. The van der Waals surface area contributed by atoms with Crippen LogP contribution in [0.3, 0.4) is 0 Å². The van der Waals surface area contributed by atoms with E-state index in [0.717, 1.165) is 0 Å². The monoisotopic (exact) mass is 278 g/mol. The van der Waals surface area contributed by atoms with Gasteiger partial charge in [-0.25, -0.2) is 4.79 Å². The summed E-state index contributed by atoms with van der Waals surface area (Å²) in [6.45, 7) is -0.493. The number of para-hydroxylation sites is 2. The summed E-state index contributed by atoms with van der Waals surface area (Å²) >= 11 is 0. The van der Waals surface area contributed by atoms with Gasteiger partial charge in [-0.05, 0) is 18.6 Å². The van der Waals surface area contributed by atoms with Crippen LogP contribution in [0.2, 0.25) is 0 Å². The predicted molar refractivity (Wildman–Crippen MR) is 69.4 cm³/mol. The SMILES string of the molecule is O=C(O)COc1ccccc1NC(=O)C1CCC(=O)N1. The first-order valence-electron chi connectivity index (χ1n) is 6.10. The smallest absolute Gasteiger partial charge is 0.341 e. The Bertz CT molecular complexity index is 543. The van der Waals surface area contributed by atoms with Gasteiger partial charge in [0.1, 0.15) is 11.8 Å². The molecule has 1 saturated heterocycles. The lowest BCUT2D eigenvalue weighted by Gasteiger charge is -2.14. The molecular weight excluding hydrogens is 264 g/mol. The lowest BCUT2D eigenvalue weighted by atomic mass is 10.2. The molecule has 7 heteroatoms. The zero-order valence-corrected chi connectivity index (χ0v) is 10.6. The molecule has 1 aromatic rings. The van der Waals surface area contributed by atoms with Gasteiger partial charge in [-0.1, -0.05) is 12.1 Å². The minimum atomic E-state index is -1.10. The van der Waals surface area contributed by atoms with Crippen molar-refractivity contribution in [2.24, 2.45) is 0 Å². The summed E-state index contributed by atoms with van der Waals surface area (Å²) in [5, 5.41) is 13.8. The molecule has 1 fully saturated rings. The predicted octanol–water partition coefficient (Wildman–Crippen LogP) is 0.367. The molecule has 3 N–H and O–H groups in total. The summed E-state index contributed by atoms with van der Waals surface area (Å²) in [6.07, 6.45) is 0.776. The van der Waals surface area contributed by atoms with E-state index >= 15 is 0 Å². The maximum absolute atomic E-state index is 12.0. The van der Waals surface area contributed by atoms with Crippen molar-refractivity contribution in [2.75, 3.05) is 11.9 Å². The Morgan fingerprint density at radius 1 is 1.40 bits per heavy atom. The molecule has 7 nitrogen and oxygen atoms in total. The van der Waals surface area contributed by atoms with Crippen molar-refractivity contribution >= 4 is 23.5 Å². The van der Waals surface area contributed by atoms with Gasteiger partial charge in [0.15, 0.2) is 6.61 Å². The molecule has 0 aliphatic carbocycles. The number of carboxylic acid groups (broad SMARTS) is 1. The van der Waals surface area contributed by atoms with Crippen LogP contribution in [0.15, 0.2) is 24.3 Å². The van der Waals surface area contributed by atoms with E-state index in [-0.39, 0.29) is 17.6 Å². The minimum Gasteiger partial charge on any atom is -0.480 e. The Balaban J connectivity index is 2.03. The highest BCUT2D eigenvalue weighted by Gasteiger charge is 2.27. The number of ether oxygens (including phenoxy) is 1. The van der Waals surface area contributed by atoms with Crippen molar-refractivity contribution in [2.45, 2.75) is 18.9 Å². The number of hydrogen-bond donors (Lipinski definition) is 3.